The van der Waals surface area contributed by atoms with E-state index in [2.05, 4.69) is 12.2 Å². The smallest absolute Gasteiger partial charge is 0.265 e. The summed E-state index contributed by atoms with van der Waals surface area (Å²) in [6.07, 6.45) is 1.01. The molecule has 2 aromatic rings. The number of aryl methyl sites for hydroxylation is 2. The molecular weight excluding hydrogens is 274 g/mol. The van der Waals surface area contributed by atoms with Crippen molar-refractivity contribution < 1.29 is 9.53 Å². The van der Waals surface area contributed by atoms with E-state index in [9.17, 15) is 4.79 Å². The van der Waals surface area contributed by atoms with Crippen molar-refractivity contribution in [1.82, 2.24) is 0 Å². The molecule has 0 aliphatic heterocycles. The highest BCUT2D eigenvalue weighted by Gasteiger charge is 2.19. The van der Waals surface area contributed by atoms with E-state index < -0.39 is 6.10 Å². The zero-order valence-corrected chi connectivity index (χ0v) is 13.4. The summed E-state index contributed by atoms with van der Waals surface area (Å²) in [5, 5.41) is 2.99. The molecule has 22 heavy (non-hydrogen) atoms. The largest absolute Gasteiger partial charge is 0.480 e. The summed E-state index contributed by atoms with van der Waals surface area (Å²) in [5.74, 6) is 0.653. The summed E-state index contributed by atoms with van der Waals surface area (Å²) in [6, 6.07) is 15.6. The maximum atomic E-state index is 12.5. The van der Waals surface area contributed by atoms with Crippen LogP contribution in [0, 0.1) is 6.92 Å². The standard InChI is InChI=1S/C19H23NO2/c1-4-15-11-7-8-12-16(15)20-19(21)17(5-2)22-18-13-9-6-10-14(18)3/h6-13,17H,4-5H2,1-3H3,(H,20,21)/t17-/m1/s1. The number of carbonyl (C=O) groups is 1. The van der Waals surface area contributed by atoms with Crippen molar-refractivity contribution in [2.24, 2.45) is 0 Å². The Balaban J connectivity index is 2.11. The van der Waals surface area contributed by atoms with Crippen molar-refractivity contribution in [3.05, 3.63) is 59.7 Å². The number of benzene rings is 2. The van der Waals surface area contributed by atoms with Crippen molar-refractivity contribution in [2.45, 2.75) is 39.7 Å². The molecule has 0 fully saturated rings. The van der Waals surface area contributed by atoms with Gasteiger partial charge in [0.1, 0.15) is 5.75 Å². The van der Waals surface area contributed by atoms with Gasteiger partial charge < -0.3 is 10.1 Å². The molecule has 0 aromatic heterocycles. The van der Waals surface area contributed by atoms with Gasteiger partial charge in [-0.2, -0.15) is 0 Å². The molecule has 1 amide bonds. The molecule has 0 unspecified atom stereocenters. The number of amides is 1. The monoisotopic (exact) mass is 297 g/mol. The van der Waals surface area contributed by atoms with E-state index in [4.69, 9.17) is 4.74 Å². The van der Waals surface area contributed by atoms with E-state index in [1.807, 2.05) is 62.4 Å². The minimum absolute atomic E-state index is 0.105. The van der Waals surface area contributed by atoms with Gasteiger partial charge >= 0.3 is 0 Å². The van der Waals surface area contributed by atoms with E-state index in [-0.39, 0.29) is 5.91 Å². The molecule has 1 N–H and O–H groups in total. The summed E-state index contributed by atoms with van der Waals surface area (Å²) in [6.45, 7) is 6.01. The molecule has 2 rings (SSSR count). The van der Waals surface area contributed by atoms with E-state index in [0.29, 0.717) is 6.42 Å². The molecule has 1 atom stereocenters. The lowest BCUT2D eigenvalue weighted by molar-refractivity contribution is -0.122. The van der Waals surface area contributed by atoms with E-state index in [0.717, 1.165) is 29.0 Å². The fourth-order valence-electron chi connectivity index (χ4n) is 2.33. The Bertz CT molecular complexity index is 637. The quantitative estimate of drug-likeness (QED) is 0.860. The predicted molar refractivity (Wildman–Crippen MR) is 90.3 cm³/mol. The Labute approximate surface area is 132 Å². The highest BCUT2D eigenvalue weighted by molar-refractivity contribution is 5.95. The van der Waals surface area contributed by atoms with Crippen LogP contribution in [0.1, 0.15) is 31.4 Å². The number of rotatable bonds is 6. The Morgan fingerprint density at radius 3 is 2.45 bits per heavy atom. The summed E-state index contributed by atoms with van der Waals surface area (Å²) >= 11 is 0. The number of nitrogens with one attached hydrogen (secondary N) is 1. The number of anilines is 1. The lowest BCUT2D eigenvalue weighted by atomic mass is 10.1. The average Bonchev–Trinajstić information content (AvgIpc) is 2.54. The van der Waals surface area contributed by atoms with Gasteiger partial charge in [0.2, 0.25) is 0 Å². The predicted octanol–water partition coefficient (Wildman–Crippen LogP) is 4.35. The van der Waals surface area contributed by atoms with Gasteiger partial charge in [0, 0.05) is 5.69 Å². The second kappa shape index (κ2) is 7.64. The van der Waals surface area contributed by atoms with Crippen LogP contribution in [0.15, 0.2) is 48.5 Å². The molecule has 0 saturated heterocycles. The first-order valence-electron chi connectivity index (χ1n) is 7.76. The van der Waals surface area contributed by atoms with Crippen molar-refractivity contribution in [1.29, 1.82) is 0 Å². The highest BCUT2D eigenvalue weighted by Crippen LogP contribution is 2.20. The van der Waals surface area contributed by atoms with E-state index >= 15 is 0 Å². The van der Waals surface area contributed by atoms with Gasteiger partial charge in [-0.1, -0.05) is 50.2 Å². The van der Waals surface area contributed by atoms with Gasteiger partial charge in [0.05, 0.1) is 0 Å². The molecule has 0 radical (unpaired) electrons. The second-order valence-electron chi connectivity index (χ2n) is 5.28. The van der Waals surface area contributed by atoms with E-state index in [1.54, 1.807) is 0 Å². The third-order valence-electron chi connectivity index (χ3n) is 3.68. The fourth-order valence-corrected chi connectivity index (χ4v) is 2.33. The van der Waals surface area contributed by atoms with Gasteiger partial charge in [-0.05, 0) is 43.0 Å². The van der Waals surface area contributed by atoms with Crippen LogP contribution in [0.25, 0.3) is 0 Å². The first-order valence-corrected chi connectivity index (χ1v) is 7.76. The van der Waals surface area contributed by atoms with Crippen LogP contribution in [0.5, 0.6) is 5.75 Å². The first-order chi connectivity index (χ1) is 10.7. The third-order valence-corrected chi connectivity index (χ3v) is 3.68. The zero-order valence-electron chi connectivity index (χ0n) is 13.4. The van der Waals surface area contributed by atoms with Gasteiger partial charge in [0.25, 0.3) is 5.91 Å². The molecule has 0 spiro atoms. The number of para-hydroxylation sites is 2. The van der Waals surface area contributed by atoms with Crippen LogP contribution in [0.3, 0.4) is 0 Å². The van der Waals surface area contributed by atoms with Crippen LogP contribution in [-0.2, 0) is 11.2 Å². The topological polar surface area (TPSA) is 38.3 Å². The molecule has 0 heterocycles. The Morgan fingerprint density at radius 2 is 1.77 bits per heavy atom. The zero-order chi connectivity index (χ0) is 15.9. The van der Waals surface area contributed by atoms with Crippen LogP contribution in [-0.4, -0.2) is 12.0 Å². The highest BCUT2D eigenvalue weighted by atomic mass is 16.5. The molecular formula is C19H23NO2. The molecule has 3 heteroatoms. The summed E-state index contributed by atoms with van der Waals surface area (Å²) < 4.78 is 5.89. The SMILES string of the molecule is CCc1ccccc1NC(=O)[C@@H](CC)Oc1ccccc1C. The number of ether oxygens (including phenoxy) is 1. The molecule has 0 aliphatic rings. The van der Waals surface area contributed by atoms with Crippen molar-refractivity contribution in [3.8, 4) is 5.75 Å². The molecule has 3 nitrogen and oxygen atoms in total. The first kappa shape index (κ1) is 16.1. The van der Waals surface area contributed by atoms with Crippen LogP contribution in [0.2, 0.25) is 0 Å². The van der Waals surface area contributed by atoms with Crippen molar-refractivity contribution in [2.75, 3.05) is 5.32 Å². The lowest BCUT2D eigenvalue weighted by Gasteiger charge is -2.19. The maximum Gasteiger partial charge on any atom is 0.265 e. The Morgan fingerprint density at radius 1 is 1.09 bits per heavy atom. The molecule has 116 valence electrons. The number of carbonyl (C=O) groups excluding carboxylic acids is 1. The molecule has 0 saturated carbocycles. The summed E-state index contributed by atoms with van der Waals surface area (Å²) in [7, 11) is 0. The van der Waals surface area contributed by atoms with Gasteiger partial charge in [-0.3, -0.25) is 4.79 Å². The normalized spacial score (nSPS) is 11.8. The number of hydrogen-bond acceptors (Lipinski definition) is 2. The fraction of sp³-hybridized carbons (Fsp3) is 0.316. The number of hydrogen-bond donors (Lipinski definition) is 1. The minimum atomic E-state index is -0.494. The summed E-state index contributed by atoms with van der Waals surface area (Å²) in [4.78, 5) is 12.5. The average molecular weight is 297 g/mol. The van der Waals surface area contributed by atoms with Crippen molar-refractivity contribution >= 4 is 11.6 Å². The van der Waals surface area contributed by atoms with Crippen LogP contribution in [0.4, 0.5) is 5.69 Å². The second-order valence-corrected chi connectivity index (χ2v) is 5.28. The maximum absolute atomic E-state index is 12.5. The Kier molecular flexibility index (Phi) is 5.59. The molecule has 0 aliphatic carbocycles. The Hall–Kier alpha value is -2.29. The van der Waals surface area contributed by atoms with Crippen LogP contribution < -0.4 is 10.1 Å². The minimum Gasteiger partial charge on any atom is -0.480 e. The summed E-state index contributed by atoms with van der Waals surface area (Å²) in [5.41, 5.74) is 3.02. The van der Waals surface area contributed by atoms with Crippen LogP contribution >= 0.6 is 0 Å². The van der Waals surface area contributed by atoms with Crippen molar-refractivity contribution in [3.63, 3.8) is 0 Å². The molecule has 2 aromatic carbocycles. The van der Waals surface area contributed by atoms with Gasteiger partial charge in [0.15, 0.2) is 6.10 Å². The third kappa shape index (κ3) is 3.88. The van der Waals surface area contributed by atoms with Gasteiger partial charge in [-0.15, -0.1) is 0 Å². The molecule has 0 bridgehead atoms. The van der Waals surface area contributed by atoms with E-state index in [1.165, 1.54) is 0 Å². The lowest BCUT2D eigenvalue weighted by Crippen LogP contribution is -2.32. The van der Waals surface area contributed by atoms with Gasteiger partial charge in [-0.25, -0.2) is 0 Å².